The van der Waals surface area contributed by atoms with Crippen molar-refractivity contribution in [2.24, 2.45) is 0 Å². The highest BCUT2D eigenvalue weighted by Crippen LogP contribution is 2.32. The molecule has 1 unspecified atom stereocenters. The van der Waals surface area contributed by atoms with Crippen LogP contribution >= 0.6 is 11.6 Å². The van der Waals surface area contributed by atoms with Gasteiger partial charge in [-0.1, -0.05) is 41.9 Å². The van der Waals surface area contributed by atoms with Gasteiger partial charge < -0.3 is 15.2 Å². The number of benzene rings is 2. The molecule has 0 aliphatic heterocycles. The van der Waals surface area contributed by atoms with Gasteiger partial charge >= 0.3 is 0 Å². The van der Waals surface area contributed by atoms with Gasteiger partial charge in [0.2, 0.25) is 5.91 Å². The third-order valence-electron chi connectivity index (χ3n) is 3.66. The molecule has 0 saturated heterocycles. The zero-order valence-electron chi connectivity index (χ0n) is 13.4. The Balaban J connectivity index is 2.15. The van der Waals surface area contributed by atoms with Crippen molar-refractivity contribution in [3.63, 3.8) is 0 Å². The molecule has 2 N–H and O–H groups in total. The number of aliphatic hydroxyl groups is 1. The zero-order chi connectivity index (χ0) is 17.0. The number of halogens is 1. The van der Waals surface area contributed by atoms with Crippen molar-refractivity contribution in [1.29, 1.82) is 0 Å². The predicted octanol–water partition coefficient (Wildman–Crippen LogP) is 3.89. The Morgan fingerprint density at radius 1 is 1.30 bits per heavy atom. The van der Waals surface area contributed by atoms with Crippen molar-refractivity contribution in [2.75, 3.05) is 12.4 Å². The van der Waals surface area contributed by atoms with Gasteiger partial charge in [-0.25, -0.2) is 0 Å². The van der Waals surface area contributed by atoms with Crippen LogP contribution in [0.15, 0.2) is 42.5 Å². The summed E-state index contributed by atoms with van der Waals surface area (Å²) >= 11 is 6.05. The highest BCUT2D eigenvalue weighted by molar-refractivity contribution is 6.31. The van der Waals surface area contributed by atoms with E-state index in [4.69, 9.17) is 16.3 Å². The highest BCUT2D eigenvalue weighted by atomic mass is 35.5. The molecular formula is C18H20ClNO3. The lowest BCUT2D eigenvalue weighted by molar-refractivity contribution is -0.120. The number of nitrogens with one attached hydrogen (secondary N) is 1. The molecule has 5 heteroatoms. The summed E-state index contributed by atoms with van der Waals surface area (Å²) < 4.78 is 5.24. The Morgan fingerprint density at radius 2 is 1.96 bits per heavy atom. The maximum Gasteiger partial charge on any atom is 0.227 e. The van der Waals surface area contributed by atoms with Crippen molar-refractivity contribution in [1.82, 2.24) is 0 Å². The fourth-order valence-electron chi connectivity index (χ4n) is 2.34. The molecule has 23 heavy (non-hydrogen) atoms. The molecule has 0 heterocycles. The smallest absolute Gasteiger partial charge is 0.227 e. The van der Waals surface area contributed by atoms with Crippen LogP contribution in [0, 0.1) is 6.92 Å². The maximum absolute atomic E-state index is 12.3. The summed E-state index contributed by atoms with van der Waals surface area (Å²) in [6, 6.07) is 12.5. The van der Waals surface area contributed by atoms with Crippen molar-refractivity contribution in [2.45, 2.75) is 25.9 Å². The number of methoxy groups -OCH3 is 1. The predicted molar refractivity (Wildman–Crippen MR) is 92.0 cm³/mol. The number of ether oxygens (including phenoxy) is 1. The number of hydrogen-bond acceptors (Lipinski definition) is 3. The Morgan fingerprint density at radius 3 is 2.57 bits per heavy atom. The molecule has 4 nitrogen and oxygen atoms in total. The first kappa shape index (κ1) is 17.3. The van der Waals surface area contributed by atoms with Gasteiger partial charge in [-0.15, -0.1) is 0 Å². The van der Waals surface area contributed by atoms with E-state index in [2.05, 4.69) is 5.32 Å². The van der Waals surface area contributed by atoms with Crippen LogP contribution in [0.4, 0.5) is 5.69 Å². The van der Waals surface area contributed by atoms with E-state index in [1.807, 2.05) is 25.1 Å². The van der Waals surface area contributed by atoms with Crippen molar-refractivity contribution >= 4 is 23.2 Å². The first-order chi connectivity index (χ1) is 10.8. The van der Waals surface area contributed by atoms with Crippen molar-refractivity contribution in [3.8, 4) is 5.75 Å². The largest absolute Gasteiger partial charge is 0.495 e. The molecule has 1 atom stereocenters. The molecule has 0 aliphatic carbocycles. The summed E-state index contributed by atoms with van der Waals surface area (Å²) in [6.45, 7) is 3.46. The van der Waals surface area contributed by atoms with Gasteiger partial charge in [0.05, 0.1) is 24.8 Å². The van der Waals surface area contributed by atoms with E-state index in [0.29, 0.717) is 22.0 Å². The molecule has 2 aromatic carbocycles. The van der Waals surface area contributed by atoms with Crippen LogP contribution in [0.3, 0.4) is 0 Å². The second kappa shape index (κ2) is 7.02. The lowest BCUT2D eigenvalue weighted by Crippen LogP contribution is -2.28. The van der Waals surface area contributed by atoms with Gasteiger partial charge in [0.1, 0.15) is 5.75 Å². The van der Waals surface area contributed by atoms with E-state index < -0.39 is 5.60 Å². The quantitative estimate of drug-likeness (QED) is 0.872. The monoisotopic (exact) mass is 333 g/mol. The molecule has 0 bridgehead atoms. The molecule has 0 spiro atoms. The normalized spacial score (nSPS) is 13.3. The molecule has 0 aliphatic rings. The Labute approximate surface area is 141 Å². The Bertz CT molecular complexity index is 699. The van der Waals surface area contributed by atoms with Gasteiger partial charge in [0, 0.05) is 11.1 Å². The van der Waals surface area contributed by atoms with Crippen LogP contribution in [0.1, 0.15) is 24.5 Å². The molecule has 0 saturated carbocycles. The number of hydrogen-bond donors (Lipinski definition) is 2. The van der Waals surface area contributed by atoms with Crippen LogP contribution in [0.5, 0.6) is 5.75 Å². The van der Waals surface area contributed by atoms with Crippen LogP contribution in [0.2, 0.25) is 5.02 Å². The summed E-state index contributed by atoms with van der Waals surface area (Å²) in [5, 5.41) is 13.9. The van der Waals surface area contributed by atoms with E-state index in [1.54, 1.807) is 31.2 Å². The van der Waals surface area contributed by atoms with E-state index in [9.17, 15) is 9.90 Å². The third-order valence-corrected chi connectivity index (χ3v) is 4.06. The van der Waals surface area contributed by atoms with Crippen molar-refractivity contribution < 1.29 is 14.6 Å². The summed E-state index contributed by atoms with van der Waals surface area (Å²) in [5.41, 5.74) is 0.801. The lowest BCUT2D eigenvalue weighted by Gasteiger charge is -2.23. The second-order valence-electron chi connectivity index (χ2n) is 5.67. The molecule has 122 valence electrons. The summed E-state index contributed by atoms with van der Waals surface area (Å²) in [6.07, 6.45) is -0.0676. The zero-order valence-corrected chi connectivity index (χ0v) is 14.1. The van der Waals surface area contributed by atoms with E-state index in [1.165, 1.54) is 7.11 Å². The standard InChI is InChI=1S/C18H20ClNO3/c1-12-9-15(16(23-3)10-14(12)19)20-17(21)11-18(2,22)13-7-5-4-6-8-13/h4-10,22H,11H2,1-3H3,(H,20,21). The van der Waals surface area contributed by atoms with Crippen LogP contribution in [0.25, 0.3) is 0 Å². The highest BCUT2D eigenvalue weighted by Gasteiger charge is 2.26. The number of carbonyl (C=O) groups is 1. The maximum atomic E-state index is 12.3. The average molecular weight is 334 g/mol. The molecular weight excluding hydrogens is 314 g/mol. The third kappa shape index (κ3) is 4.24. The fourth-order valence-corrected chi connectivity index (χ4v) is 2.49. The van der Waals surface area contributed by atoms with Crippen LogP contribution in [-0.4, -0.2) is 18.1 Å². The van der Waals surface area contributed by atoms with Crippen LogP contribution in [-0.2, 0) is 10.4 Å². The van der Waals surface area contributed by atoms with Crippen molar-refractivity contribution in [3.05, 3.63) is 58.6 Å². The lowest BCUT2D eigenvalue weighted by atomic mass is 9.92. The van der Waals surface area contributed by atoms with E-state index in [-0.39, 0.29) is 12.3 Å². The molecule has 2 rings (SSSR count). The molecule has 2 aromatic rings. The minimum Gasteiger partial charge on any atom is -0.495 e. The topological polar surface area (TPSA) is 58.6 Å². The summed E-state index contributed by atoms with van der Waals surface area (Å²) in [5.74, 6) is 0.173. The Hall–Kier alpha value is -2.04. The first-order valence-corrected chi connectivity index (χ1v) is 7.63. The first-order valence-electron chi connectivity index (χ1n) is 7.25. The van der Waals surface area contributed by atoms with E-state index >= 15 is 0 Å². The van der Waals surface area contributed by atoms with Gasteiger partial charge in [0.25, 0.3) is 0 Å². The number of carbonyl (C=O) groups excluding carboxylic acids is 1. The summed E-state index contributed by atoms with van der Waals surface area (Å²) in [4.78, 5) is 12.3. The van der Waals surface area contributed by atoms with Gasteiger partial charge in [-0.05, 0) is 31.0 Å². The van der Waals surface area contributed by atoms with Gasteiger partial charge in [-0.2, -0.15) is 0 Å². The Kier molecular flexibility index (Phi) is 5.29. The van der Waals surface area contributed by atoms with E-state index in [0.717, 1.165) is 5.56 Å². The number of rotatable bonds is 5. The minimum absolute atomic E-state index is 0.0676. The van der Waals surface area contributed by atoms with Crippen LogP contribution < -0.4 is 10.1 Å². The fraction of sp³-hybridized carbons (Fsp3) is 0.278. The number of anilines is 1. The molecule has 0 aromatic heterocycles. The second-order valence-corrected chi connectivity index (χ2v) is 6.07. The number of amides is 1. The van der Waals surface area contributed by atoms with Gasteiger partial charge in [0.15, 0.2) is 0 Å². The van der Waals surface area contributed by atoms with Gasteiger partial charge in [-0.3, -0.25) is 4.79 Å². The number of aryl methyl sites for hydroxylation is 1. The summed E-state index contributed by atoms with van der Waals surface area (Å²) in [7, 11) is 1.51. The SMILES string of the molecule is COc1cc(Cl)c(C)cc1NC(=O)CC(C)(O)c1ccccc1. The average Bonchev–Trinajstić information content (AvgIpc) is 2.51. The molecule has 0 radical (unpaired) electrons. The minimum atomic E-state index is -1.25. The molecule has 0 fully saturated rings. The molecule has 1 amide bonds.